The first-order chi connectivity index (χ1) is 9.65. The van der Waals surface area contributed by atoms with Gasteiger partial charge in [0, 0.05) is 37.3 Å². The molecule has 0 spiro atoms. The number of carbonyl (C=O) groups is 2. The Bertz CT molecular complexity index is 462. The number of carbonyl (C=O) groups excluding carboxylic acids is 2. The van der Waals surface area contributed by atoms with Crippen LogP contribution in [0.5, 0.6) is 0 Å². The van der Waals surface area contributed by atoms with Gasteiger partial charge in [-0.3, -0.25) is 9.59 Å². The summed E-state index contributed by atoms with van der Waals surface area (Å²) in [6.07, 6.45) is 2.85. The Labute approximate surface area is 120 Å². The summed E-state index contributed by atoms with van der Waals surface area (Å²) in [5.41, 5.74) is 1.25. The number of benzene rings is 1. The maximum atomic E-state index is 12.4. The molecular weight excluding hydrogens is 252 g/mol. The van der Waals surface area contributed by atoms with E-state index < -0.39 is 0 Å². The first-order valence-electron chi connectivity index (χ1n) is 7.20. The van der Waals surface area contributed by atoms with Crippen LogP contribution in [0, 0.1) is 0 Å². The molecule has 1 aliphatic rings. The highest BCUT2D eigenvalue weighted by Crippen LogP contribution is 2.17. The molecule has 108 valence electrons. The van der Waals surface area contributed by atoms with E-state index in [1.807, 2.05) is 11.9 Å². The third-order valence-corrected chi connectivity index (χ3v) is 4.17. The predicted molar refractivity (Wildman–Crippen MR) is 79.1 cm³/mol. The first kappa shape index (κ1) is 14.7. The van der Waals surface area contributed by atoms with Gasteiger partial charge in [0.05, 0.1) is 0 Å². The summed E-state index contributed by atoms with van der Waals surface area (Å²) in [4.78, 5) is 27.3. The summed E-state index contributed by atoms with van der Waals surface area (Å²) in [5, 5.41) is 0. The Balaban J connectivity index is 1.99. The molecule has 4 heteroatoms. The monoisotopic (exact) mass is 274 g/mol. The van der Waals surface area contributed by atoms with Gasteiger partial charge in [-0.25, -0.2) is 0 Å². The molecule has 20 heavy (non-hydrogen) atoms. The molecule has 0 atom stereocenters. The number of rotatable bonds is 4. The molecule has 1 heterocycles. The van der Waals surface area contributed by atoms with Crippen molar-refractivity contribution < 1.29 is 9.59 Å². The van der Waals surface area contributed by atoms with E-state index in [9.17, 15) is 9.59 Å². The largest absolute Gasteiger partial charge is 0.339 e. The molecule has 1 saturated heterocycles. The fourth-order valence-corrected chi connectivity index (χ4v) is 2.70. The molecule has 1 aromatic carbocycles. The van der Waals surface area contributed by atoms with Crippen molar-refractivity contribution in [2.24, 2.45) is 0 Å². The van der Waals surface area contributed by atoms with Gasteiger partial charge in [0.15, 0.2) is 0 Å². The van der Waals surface area contributed by atoms with Gasteiger partial charge in [-0.15, -0.1) is 0 Å². The second kappa shape index (κ2) is 6.66. The summed E-state index contributed by atoms with van der Waals surface area (Å²) in [5.74, 6) is 0.0393. The van der Waals surface area contributed by atoms with Crippen LogP contribution in [0.1, 0.15) is 40.5 Å². The summed E-state index contributed by atoms with van der Waals surface area (Å²) in [7, 11) is 1.88. The number of piperidine rings is 1. The fourth-order valence-electron chi connectivity index (χ4n) is 2.70. The Morgan fingerprint density at radius 3 is 2.40 bits per heavy atom. The molecule has 0 saturated carbocycles. The highest BCUT2D eigenvalue weighted by Gasteiger charge is 2.25. The first-order valence-corrected chi connectivity index (χ1v) is 7.20. The molecule has 0 N–H and O–H groups in total. The van der Waals surface area contributed by atoms with Crippen molar-refractivity contribution in [2.75, 3.05) is 26.7 Å². The van der Waals surface area contributed by atoms with Crippen molar-refractivity contribution in [2.45, 2.75) is 25.8 Å². The zero-order valence-corrected chi connectivity index (χ0v) is 12.2. The van der Waals surface area contributed by atoms with Gasteiger partial charge in [-0.05, 0) is 31.5 Å². The van der Waals surface area contributed by atoms with Crippen LogP contribution in [-0.4, -0.2) is 54.7 Å². The summed E-state index contributed by atoms with van der Waals surface area (Å²) < 4.78 is 0. The van der Waals surface area contributed by atoms with Crippen LogP contribution in [0.3, 0.4) is 0 Å². The van der Waals surface area contributed by atoms with Gasteiger partial charge in [0.2, 0.25) is 0 Å². The van der Waals surface area contributed by atoms with Crippen LogP contribution in [0.2, 0.25) is 0 Å². The third-order valence-electron chi connectivity index (χ3n) is 4.17. The molecule has 4 nitrogen and oxygen atoms in total. The minimum Gasteiger partial charge on any atom is -0.339 e. The van der Waals surface area contributed by atoms with E-state index in [1.165, 1.54) is 0 Å². The van der Waals surface area contributed by atoms with Crippen molar-refractivity contribution in [1.29, 1.82) is 0 Å². The van der Waals surface area contributed by atoms with Crippen LogP contribution in [0.15, 0.2) is 24.3 Å². The molecule has 0 aromatic heterocycles. The lowest BCUT2D eigenvalue weighted by Gasteiger charge is -2.36. The van der Waals surface area contributed by atoms with Crippen LogP contribution < -0.4 is 0 Å². The quantitative estimate of drug-likeness (QED) is 0.789. The lowest BCUT2D eigenvalue weighted by Crippen LogP contribution is -2.45. The zero-order valence-electron chi connectivity index (χ0n) is 12.2. The van der Waals surface area contributed by atoms with E-state index in [0.717, 1.165) is 38.8 Å². The molecule has 2 rings (SSSR count). The zero-order chi connectivity index (χ0) is 14.5. The van der Waals surface area contributed by atoms with Crippen LogP contribution in [-0.2, 0) is 0 Å². The highest BCUT2D eigenvalue weighted by atomic mass is 16.2. The average Bonchev–Trinajstić information content (AvgIpc) is 2.53. The number of amides is 1. The molecular formula is C16H22N2O2. The van der Waals surface area contributed by atoms with E-state index in [4.69, 9.17) is 0 Å². The Hall–Kier alpha value is -1.68. The fraction of sp³-hybridized carbons (Fsp3) is 0.500. The number of hydrogen-bond acceptors (Lipinski definition) is 3. The van der Waals surface area contributed by atoms with Crippen LogP contribution in [0.4, 0.5) is 0 Å². The van der Waals surface area contributed by atoms with Gasteiger partial charge in [-0.1, -0.05) is 19.1 Å². The lowest BCUT2D eigenvalue weighted by atomic mass is 10.0. The summed E-state index contributed by atoms with van der Waals surface area (Å²) in [6.45, 7) is 5.37. The predicted octanol–water partition coefficient (Wildman–Crippen LogP) is 2.06. The van der Waals surface area contributed by atoms with Gasteiger partial charge in [0.1, 0.15) is 6.29 Å². The molecule has 1 amide bonds. The lowest BCUT2D eigenvalue weighted by molar-refractivity contribution is 0.0646. The van der Waals surface area contributed by atoms with E-state index in [-0.39, 0.29) is 5.91 Å². The maximum Gasteiger partial charge on any atom is 0.253 e. The Morgan fingerprint density at radius 2 is 1.90 bits per heavy atom. The van der Waals surface area contributed by atoms with Crippen LogP contribution in [0.25, 0.3) is 0 Å². The molecule has 1 aromatic rings. The second-order valence-electron chi connectivity index (χ2n) is 5.32. The smallest absolute Gasteiger partial charge is 0.253 e. The number of likely N-dealkylation sites (tertiary alicyclic amines) is 1. The number of nitrogens with zero attached hydrogens (tertiary/aromatic N) is 2. The van der Waals surface area contributed by atoms with Crippen molar-refractivity contribution in [3.05, 3.63) is 35.4 Å². The van der Waals surface area contributed by atoms with Crippen molar-refractivity contribution in [1.82, 2.24) is 9.80 Å². The van der Waals surface area contributed by atoms with Gasteiger partial charge < -0.3 is 9.80 Å². The second-order valence-corrected chi connectivity index (χ2v) is 5.32. The van der Waals surface area contributed by atoms with Crippen molar-refractivity contribution >= 4 is 12.2 Å². The molecule has 0 unspecified atom stereocenters. The van der Waals surface area contributed by atoms with Crippen molar-refractivity contribution in [3.63, 3.8) is 0 Å². The highest BCUT2D eigenvalue weighted by molar-refractivity contribution is 5.94. The van der Waals surface area contributed by atoms with Gasteiger partial charge >= 0.3 is 0 Å². The van der Waals surface area contributed by atoms with E-state index in [2.05, 4.69) is 11.8 Å². The third kappa shape index (κ3) is 3.25. The Morgan fingerprint density at radius 1 is 1.30 bits per heavy atom. The summed E-state index contributed by atoms with van der Waals surface area (Å²) in [6, 6.07) is 7.14. The SMILES string of the molecule is CCN1CCC(N(C)C(=O)c2ccc(C=O)cc2)CC1. The minimum atomic E-state index is 0.0393. The molecule has 0 bridgehead atoms. The van der Waals surface area contributed by atoms with E-state index in [0.29, 0.717) is 17.2 Å². The molecule has 1 aliphatic heterocycles. The number of hydrogen-bond donors (Lipinski definition) is 0. The van der Waals surface area contributed by atoms with Gasteiger partial charge in [-0.2, -0.15) is 0 Å². The van der Waals surface area contributed by atoms with Gasteiger partial charge in [0.25, 0.3) is 5.91 Å². The maximum absolute atomic E-state index is 12.4. The Kier molecular flexibility index (Phi) is 4.90. The number of aldehydes is 1. The average molecular weight is 274 g/mol. The molecule has 1 fully saturated rings. The standard InChI is InChI=1S/C16H22N2O2/c1-3-18-10-8-15(9-11-18)17(2)16(20)14-6-4-13(12-19)5-7-14/h4-7,12,15H,3,8-11H2,1-2H3. The molecule has 0 aliphatic carbocycles. The minimum absolute atomic E-state index is 0.0393. The van der Waals surface area contributed by atoms with Crippen molar-refractivity contribution in [3.8, 4) is 0 Å². The topological polar surface area (TPSA) is 40.6 Å². The van der Waals surface area contributed by atoms with E-state index in [1.54, 1.807) is 24.3 Å². The van der Waals surface area contributed by atoms with Crippen LogP contribution >= 0.6 is 0 Å². The van der Waals surface area contributed by atoms with E-state index >= 15 is 0 Å². The summed E-state index contributed by atoms with van der Waals surface area (Å²) >= 11 is 0. The normalized spacial score (nSPS) is 16.9. The molecule has 0 radical (unpaired) electrons.